The van der Waals surface area contributed by atoms with Crippen LogP contribution in [0.2, 0.25) is 0 Å². The van der Waals surface area contributed by atoms with Crippen LogP contribution in [0.3, 0.4) is 0 Å². The van der Waals surface area contributed by atoms with Crippen molar-refractivity contribution in [2.24, 2.45) is 0 Å². The predicted octanol–water partition coefficient (Wildman–Crippen LogP) is 1.32. The average Bonchev–Trinajstić information content (AvgIpc) is 2.48. The molecule has 0 spiro atoms. The molecule has 0 aliphatic rings. The molecule has 1 aromatic carbocycles. The lowest BCUT2D eigenvalue weighted by Crippen LogP contribution is -2.05. The van der Waals surface area contributed by atoms with Crippen molar-refractivity contribution in [2.45, 2.75) is 6.42 Å². The first-order valence-corrected chi connectivity index (χ1v) is 6.76. The summed E-state index contributed by atoms with van der Waals surface area (Å²) in [5.74, 6) is 1.18. The van der Waals surface area contributed by atoms with Gasteiger partial charge >= 0.3 is 0 Å². The van der Waals surface area contributed by atoms with Crippen LogP contribution in [0.1, 0.15) is 21.5 Å². The van der Waals surface area contributed by atoms with Crippen molar-refractivity contribution in [1.29, 1.82) is 0 Å². The number of carbonyl (C=O) groups excluding carboxylic acids is 1. The number of aromatic nitrogens is 2. The van der Waals surface area contributed by atoms with E-state index in [1.165, 1.54) is 14.2 Å². The minimum absolute atomic E-state index is 0.118. The number of hydrogen-bond donors (Lipinski definition) is 3. The smallest absolute Gasteiger partial charge is 0.223 e. The lowest BCUT2D eigenvalue weighted by Gasteiger charge is -2.13. The number of benzene rings is 1. The Morgan fingerprint density at radius 3 is 2.27 bits per heavy atom. The van der Waals surface area contributed by atoms with Crippen LogP contribution in [0.5, 0.6) is 11.5 Å². The van der Waals surface area contributed by atoms with E-state index >= 15 is 0 Å². The first-order valence-electron chi connectivity index (χ1n) is 6.31. The average molecular weight is 320 g/mol. The molecule has 0 saturated carbocycles. The molecule has 4 N–H and O–H groups in total. The molecule has 1 heterocycles. The van der Waals surface area contributed by atoms with Crippen molar-refractivity contribution in [3.8, 4) is 11.5 Å². The predicted molar refractivity (Wildman–Crippen MR) is 86.5 cm³/mol. The minimum Gasteiger partial charge on any atom is -0.496 e. The molecule has 22 heavy (non-hydrogen) atoms. The second-order valence-corrected chi connectivity index (χ2v) is 4.90. The maximum atomic E-state index is 11.6. The largest absolute Gasteiger partial charge is 0.496 e. The van der Waals surface area contributed by atoms with Crippen LogP contribution in [0.4, 0.5) is 11.8 Å². The van der Waals surface area contributed by atoms with Gasteiger partial charge in [0, 0.05) is 18.2 Å². The number of nitrogens with two attached hydrogens (primary N) is 2. The molecular weight excluding hydrogens is 304 g/mol. The van der Waals surface area contributed by atoms with Gasteiger partial charge in [0.05, 0.1) is 14.2 Å². The number of nitrogen functional groups attached to an aromatic ring is 2. The maximum Gasteiger partial charge on any atom is 0.223 e. The summed E-state index contributed by atoms with van der Waals surface area (Å²) in [5, 5.41) is -0.435. The zero-order chi connectivity index (χ0) is 16.3. The van der Waals surface area contributed by atoms with Crippen molar-refractivity contribution >= 4 is 29.5 Å². The van der Waals surface area contributed by atoms with Crippen molar-refractivity contribution in [3.05, 3.63) is 35.0 Å². The van der Waals surface area contributed by atoms with Gasteiger partial charge in [0.2, 0.25) is 11.1 Å². The maximum absolute atomic E-state index is 11.6. The molecule has 0 fully saturated rings. The summed E-state index contributed by atoms with van der Waals surface area (Å²) in [6, 6.07) is 3.45. The summed E-state index contributed by atoms with van der Waals surface area (Å²) in [4.78, 5) is 19.5. The van der Waals surface area contributed by atoms with E-state index in [0.29, 0.717) is 29.3 Å². The summed E-state index contributed by atoms with van der Waals surface area (Å²) in [7, 11) is 2.94. The van der Waals surface area contributed by atoms with E-state index in [1.54, 1.807) is 18.3 Å². The Bertz CT molecular complexity index is 696. The van der Waals surface area contributed by atoms with E-state index in [9.17, 15) is 4.79 Å². The van der Waals surface area contributed by atoms with Crippen LogP contribution in [0.25, 0.3) is 0 Å². The topological polar surface area (TPSA) is 113 Å². The SMILES string of the molecule is COc1cc(Cc2cnc(N)nc2N)cc(OC)c1C(=O)S. The van der Waals surface area contributed by atoms with E-state index < -0.39 is 5.12 Å². The van der Waals surface area contributed by atoms with Gasteiger partial charge in [-0.2, -0.15) is 4.98 Å². The summed E-state index contributed by atoms with van der Waals surface area (Å²) in [6.07, 6.45) is 2.01. The molecule has 116 valence electrons. The molecule has 2 rings (SSSR count). The normalized spacial score (nSPS) is 10.3. The Morgan fingerprint density at radius 2 is 1.82 bits per heavy atom. The molecule has 0 saturated heterocycles. The van der Waals surface area contributed by atoms with E-state index in [0.717, 1.165) is 5.56 Å². The van der Waals surface area contributed by atoms with Crippen molar-refractivity contribution < 1.29 is 14.3 Å². The monoisotopic (exact) mass is 320 g/mol. The Kier molecular flexibility index (Phi) is 4.71. The van der Waals surface area contributed by atoms with Gasteiger partial charge in [0.25, 0.3) is 0 Å². The number of hydrogen-bond acceptors (Lipinski definition) is 7. The number of ether oxygens (including phenoxy) is 2. The molecule has 2 aromatic rings. The van der Waals surface area contributed by atoms with Gasteiger partial charge in [0.15, 0.2) is 0 Å². The van der Waals surface area contributed by atoms with Gasteiger partial charge in [-0.05, 0) is 17.7 Å². The van der Waals surface area contributed by atoms with Crippen LogP contribution >= 0.6 is 12.6 Å². The standard InChI is InChI=1S/C14H16N4O3S/c1-20-9-4-7(5-10(21-2)11(9)13(19)22)3-8-6-17-14(16)18-12(8)15/h4-6H,3H2,1-2H3,(H,19,22)(H4,15,16,17,18). The van der Waals surface area contributed by atoms with Crippen LogP contribution in [0, 0.1) is 0 Å². The Hall–Kier alpha value is -2.48. The molecule has 0 amide bonds. The molecule has 7 nitrogen and oxygen atoms in total. The van der Waals surface area contributed by atoms with Crippen LogP contribution in [-0.2, 0) is 6.42 Å². The van der Waals surface area contributed by atoms with Crippen molar-refractivity contribution in [2.75, 3.05) is 25.7 Å². The molecular formula is C14H16N4O3S. The van der Waals surface area contributed by atoms with E-state index in [1.807, 2.05) is 0 Å². The second-order valence-electron chi connectivity index (χ2n) is 4.50. The molecule has 0 aliphatic carbocycles. The molecule has 1 aromatic heterocycles. The fraction of sp³-hybridized carbons (Fsp3) is 0.214. The summed E-state index contributed by atoms with van der Waals surface area (Å²) < 4.78 is 10.5. The van der Waals surface area contributed by atoms with Crippen molar-refractivity contribution in [3.63, 3.8) is 0 Å². The van der Waals surface area contributed by atoms with E-state index in [4.69, 9.17) is 20.9 Å². The molecule has 0 aliphatic heterocycles. The summed E-state index contributed by atoms with van der Waals surface area (Å²) in [6.45, 7) is 0. The first kappa shape index (κ1) is 15.9. The van der Waals surface area contributed by atoms with E-state index in [2.05, 4.69) is 22.6 Å². The lowest BCUT2D eigenvalue weighted by atomic mass is 10.0. The number of methoxy groups -OCH3 is 2. The number of anilines is 2. The summed E-state index contributed by atoms with van der Waals surface area (Å²) >= 11 is 3.84. The lowest BCUT2D eigenvalue weighted by molar-refractivity contribution is 0.108. The van der Waals surface area contributed by atoms with Gasteiger partial charge in [-0.25, -0.2) is 4.98 Å². The fourth-order valence-corrected chi connectivity index (χ4v) is 2.29. The molecule has 0 radical (unpaired) electrons. The molecule has 8 heteroatoms. The molecule has 0 atom stereocenters. The highest BCUT2D eigenvalue weighted by molar-refractivity contribution is 7.97. The van der Waals surface area contributed by atoms with Gasteiger partial charge in [-0.3, -0.25) is 4.79 Å². The second kappa shape index (κ2) is 6.52. The van der Waals surface area contributed by atoms with Crippen molar-refractivity contribution in [1.82, 2.24) is 9.97 Å². The zero-order valence-electron chi connectivity index (χ0n) is 12.2. The van der Waals surface area contributed by atoms with Crippen LogP contribution < -0.4 is 20.9 Å². The number of thiol groups is 1. The van der Waals surface area contributed by atoms with Crippen LogP contribution in [0.15, 0.2) is 18.3 Å². The fourth-order valence-electron chi connectivity index (χ4n) is 2.07. The van der Waals surface area contributed by atoms with Gasteiger partial charge < -0.3 is 20.9 Å². The minimum atomic E-state index is -0.435. The van der Waals surface area contributed by atoms with Gasteiger partial charge in [-0.1, -0.05) is 0 Å². The summed E-state index contributed by atoms with van der Waals surface area (Å²) in [5.41, 5.74) is 13.1. The third kappa shape index (κ3) is 3.22. The highest BCUT2D eigenvalue weighted by Gasteiger charge is 2.18. The number of rotatable bonds is 5. The first-order chi connectivity index (χ1) is 10.5. The highest BCUT2D eigenvalue weighted by atomic mass is 32.1. The Balaban J connectivity index is 2.46. The third-order valence-corrected chi connectivity index (χ3v) is 3.31. The number of nitrogens with zero attached hydrogens (tertiary/aromatic N) is 2. The van der Waals surface area contributed by atoms with Gasteiger partial charge in [-0.15, -0.1) is 12.6 Å². The quantitative estimate of drug-likeness (QED) is 0.712. The van der Waals surface area contributed by atoms with Crippen LogP contribution in [-0.4, -0.2) is 29.3 Å². The Labute approximate surface area is 133 Å². The zero-order valence-corrected chi connectivity index (χ0v) is 13.1. The van der Waals surface area contributed by atoms with E-state index in [-0.39, 0.29) is 11.5 Å². The Morgan fingerprint density at radius 1 is 1.23 bits per heavy atom. The third-order valence-electron chi connectivity index (χ3n) is 3.09. The molecule has 0 unspecified atom stereocenters. The van der Waals surface area contributed by atoms with Gasteiger partial charge in [0.1, 0.15) is 22.9 Å². The molecule has 0 bridgehead atoms. The number of carbonyl (C=O) groups is 1. The highest BCUT2D eigenvalue weighted by Crippen LogP contribution is 2.33.